The fourth-order valence-electron chi connectivity index (χ4n) is 14.6. The molecule has 0 aromatic carbocycles. The lowest BCUT2D eigenvalue weighted by molar-refractivity contribution is -0.227. The van der Waals surface area contributed by atoms with Crippen molar-refractivity contribution in [1.29, 1.82) is 0 Å². The number of ketones is 1. The molecule has 4 fully saturated rings. The fraction of sp³-hybridized carbons (Fsp3) is 0.965. The SMILES string of the molecule is CCCCCC(CCCCC)CCC[C@@H](C)[C@H]1CC[C@H]2C3C(OCCCN)CC4C[C@H](OCCCNC(=O)CCOCCOCCC(=O)CCCCC(O)(P(=O)(O)O)P(=O)(O)O)CC[C@]4(C)[C@H]3C[C@H](OCCCN)C12C. The van der Waals surface area contributed by atoms with E-state index in [9.17, 15) is 43.4 Å². The molecule has 0 aromatic heterocycles. The Kier molecular flexibility index (Phi) is 30.2. The van der Waals surface area contributed by atoms with E-state index >= 15 is 0 Å². The van der Waals surface area contributed by atoms with Crippen molar-refractivity contribution >= 4 is 26.9 Å². The van der Waals surface area contributed by atoms with Gasteiger partial charge in [-0.3, -0.25) is 18.7 Å². The molecule has 0 saturated heterocycles. The Morgan fingerprint density at radius 3 is 1.92 bits per heavy atom. The number of fused-ring (bicyclic) bond motifs is 5. The Balaban J connectivity index is 1.21. The Morgan fingerprint density at radius 2 is 1.29 bits per heavy atom. The first-order valence-corrected chi connectivity index (χ1v) is 33.5. The zero-order valence-corrected chi connectivity index (χ0v) is 49.7. The van der Waals surface area contributed by atoms with Gasteiger partial charge in [0, 0.05) is 51.0 Å². The van der Waals surface area contributed by atoms with Crippen molar-refractivity contribution < 1.29 is 67.1 Å². The van der Waals surface area contributed by atoms with Gasteiger partial charge in [-0.25, -0.2) is 0 Å². The molecule has 0 bridgehead atoms. The highest BCUT2D eigenvalue weighted by molar-refractivity contribution is 7.72. The summed E-state index contributed by atoms with van der Waals surface area (Å²) in [4.78, 5) is 61.6. The van der Waals surface area contributed by atoms with Crippen LogP contribution in [0.15, 0.2) is 0 Å². The van der Waals surface area contributed by atoms with Crippen LogP contribution in [0.25, 0.3) is 0 Å². The quantitative estimate of drug-likeness (QED) is 0.0209. The smallest absolute Gasteiger partial charge is 0.369 e. The molecule has 10 N–H and O–H groups in total. The molecule has 4 aliphatic carbocycles. The molecule has 11 atom stereocenters. The van der Waals surface area contributed by atoms with Crippen LogP contribution in [-0.4, -0.2) is 126 Å². The van der Waals surface area contributed by atoms with Crippen molar-refractivity contribution in [3.8, 4) is 0 Å². The summed E-state index contributed by atoms with van der Waals surface area (Å²) in [6, 6.07) is 0. The number of amides is 1. The van der Waals surface area contributed by atoms with Gasteiger partial charge >= 0.3 is 15.2 Å². The average Bonchev–Trinajstić information content (AvgIpc) is 3.78. The van der Waals surface area contributed by atoms with E-state index in [0.717, 1.165) is 63.9 Å². The lowest BCUT2D eigenvalue weighted by Gasteiger charge is -2.65. The van der Waals surface area contributed by atoms with Crippen LogP contribution >= 0.6 is 15.2 Å². The van der Waals surface area contributed by atoms with Crippen LogP contribution in [0.3, 0.4) is 0 Å². The Hall–Kier alpha value is -0.880. The first kappa shape index (κ1) is 67.6. The summed E-state index contributed by atoms with van der Waals surface area (Å²) in [6.45, 7) is 17.1. The van der Waals surface area contributed by atoms with Gasteiger partial charge in [0.1, 0.15) is 5.78 Å². The van der Waals surface area contributed by atoms with E-state index in [1.165, 1.54) is 83.5 Å². The summed E-state index contributed by atoms with van der Waals surface area (Å²) >= 11 is 0. The van der Waals surface area contributed by atoms with Crippen molar-refractivity contribution in [3.63, 3.8) is 0 Å². The molecule has 0 heterocycles. The number of carbonyl (C=O) groups is 2. The average molecular weight is 1120 g/mol. The largest absolute Gasteiger partial charge is 0.379 e. The zero-order chi connectivity index (χ0) is 55.8. The molecule has 0 aliphatic heterocycles. The van der Waals surface area contributed by atoms with Crippen LogP contribution < -0.4 is 16.8 Å². The number of hydrogen-bond donors (Lipinski definition) is 8. The topological polar surface area (TPSA) is 280 Å². The first-order valence-electron chi connectivity index (χ1n) is 30.2. The van der Waals surface area contributed by atoms with Crippen LogP contribution in [-0.2, 0) is 42.4 Å². The van der Waals surface area contributed by atoms with Crippen LogP contribution in [0.1, 0.15) is 208 Å². The number of carbonyl (C=O) groups excluding carboxylic acids is 2. The molecule has 0 aromatic rings. The van der Waals surface area contributed by atoms with Gasteiger partial charge in [0.2, 0.25) is 5.91 Å². The number of aliphatic hydroxyl groups is 1. The van der Waals surface area contributed by atoms with E-state index in [4.69, 9.17) is 35.2 Å². The third kappa shape index (κ3) is 19.7. The predicted molar refractivity (Wildman–Crippen MR) is 298 cm³/mol. The second-order valence-electron chi connectivity index (χ2n) is 24.1. The molecular formula is C57H109N3O14P2. The lowest BCUT2D eigenvalue weighted by Crippen LogP contribution is -2.63. The van der Waals surface area contributed by atoms with E-state index in [1.54, 1.807) is 0 Å². The second kappa shape index (κ2) is 33.9. The molecule has 0 spiro atoms. The van der Waals surface area contributed by atoms with Crippen LogP contribution in [0, 0.1) is 52.3 Å². The Labute approximate surface area is 458 Å². The summed E-state index contributed by atoms with van der Waals surface area (Å²) in [6.07, 6.45) is 25.3. The summed E-state index contributed by atoms with van der Waals surface area (Å²) in [5.41, 5.74) is 12.4. The van der Waals surface area contributed by atoms with Crippen molar-refractivity contribution in [1.82, 2.24) is 5.32 Å². The zero-order valence-electron chi connectivity index (χ0n) is 47.9. The molecule has 4 aliphatic rings. The van der Waals surface area contributed by atoms with E-state index in [0.29, 0.717) is 68.4 Å². The maximum atomic E-state index is 12.6. The highest BCUT2D eigenvalue weighted by Gasteiger charge is 2.67. The highest BCUT2D eigenvalue weighted by Crippen LogP contribution is 2.71. The normalized spacial score (nSPS) is 28.3. The number of rotatable bonds is 42. The maximum Gasteiger partial charge on any atom is 0.369 e. The van der Waals surface area contributed by atoms with Crippen LogP contribution in [0.2, 0.25) is 0 Å². The number of nitrogens with one attached hydrogen (secondary N) is 1. The van der Waals surface area contributed by atoms with Gasteiger partial charge < -0.3 is 65.1 Å². The summed E-state index contributed by atoms with van der Waals surface area (Å²) in [5, 5.41) is 9.46. The van der Waals surface area contributed by atoms with Gasteiger partial charge in [0.15, 0.2) is 0 Å². The molecular weight excluding hydrogens is 1010 g/mol. The van der Waals surface area contributed by atoms with Crippen molar-refractivity contribution in [2.45, 2.75) is 231 Å². The van der Waals surface area contributed by atoms with Crippen LogP contribution in [0.4, 0.5) is 0 Å². The molecule has 17 nitrogen and oxygen atoms in total. The van der Waals surface area contributed by atoms with Gasteiger partial charge in [-0.2, -0.15) is 0 Å². The summed E-state index contributed by atoms with van der Waals surface area (Å²) in [7, 11) is -11.0. The summed E-state index contributed by atoms with van der Waals surface area (Å²) < 4.78 is 54.7. The van der Waals surface area contributed by atoms with Gasteiger partial charge in [0.05, 0.1) is 44.7 Å². The van der Waals surface area contributed by atoms with Crippen molar-refractivity contribution in [3.05, 3.63) is 0 Å². The van der Waals surface area contributed by atoms with E-state index in [-0.39, 0.29) is 99.4 Å². The number of hydrogen-bond acceptors (Lipinski definition) is 12. The van der Waals surface area contributed by atoms with Gasteiger partial charge in [-0.05, 0) is 143 Å². The molecule has 4 unspecified atom stereocenters. The second-order valence-corrected chi connectivity index (χ2v) is 28.1. The number of unbranched alkanes of at least 4 members (excludes halogenated alkanes) is 5. The lowest BCUT2D eigenvalue weighted by atomic mass is 9.43. The number of ether oxygens (including phenoxy) is 5. The molecule has 4 saturated carbocycles. The fourth-order valence-corrected chi connectivity index (χ4v) is 16.8. The van der Waals surface area contributed by atoms with E-state index < -0.39 is 26.7 Å². The highest BCUT2D eigenvalue weighted by atomic mass is 31.2. The minimum atomic E-state index is -5.51. The Morgan fingerprint density at radius 1 is 0.671 bits per heavy atom. The van der Waals surface area contributed by atoms with Gasteiger partial charge in [-0.15, -0.1) is 0 Å². The van der Waals surface area contributed by atoms with Gasteiger partial charge in [0.25, 0.3) is 5.08 Å². The molecule has 19 heteroatoms. The molecule has 446 valence electrons. The first-order chi connectivity index (χ1) is 36.2. The van der Waals surface area contributed by atoms with Crippen molar-refractivity contribution in [2.24, 2.45) is 63.7 Å². The number of nitrogens with two attached hydrogens (primary N) is 2. The third-order valence-corrected chi connectivity index (χ3v) is 22.9. The maximum absolute atomic E-state index is 12.6. The van der Waals surface area contributed by atoms with Crippen LogP contribution in [0.5, 0.6) is 0 Å². The molecule has 4 rings (SSSR count). The van der Waals surface area contributed by atoms with Gasteiger partial charge in [-0.1, -0.05) is 105 Å². The summed E-state index contributed by atoms with van der Waals surface area (Å²) in [5.74, 6) is 3.98. The predicted octanol–water partition coefficient (Wildman–Crippen LogP) is 9.75. The molecule has 1 amide bonds. The standard InChI is InChI=1S/C57H109N3O14P2/c1-6-8-10-19-44(20-11-9-7-2)21-14-18-43(3)48-23-24-49-54-50(42-52(56(48,49)5)74-34-16-31-59)55(4)29-25-47(40-45(55)41-51(54)73-33-15-30-58)72-35-17-32-60-53(62)27-37-71-39-38-70-36-26-46(61)22-12-13-28-57(63,75(64,65)66)76(67,68)69/h43-45,47-52,54,63H,6-42,58-59H2,1-5H3,(H,60,62)(H2,64,65,66)(H2,67,68,69)/t43-,45?,47-,48-,49+,50+,51?,52+,54?,55+,56?/m1/s1. The minimum absolute atomic E-state index is 0.0000144. The third-order valence-electron chi connectivity index (χ3n) is 19.0. The number of Topliss-reactive ketones (excluding diaryl/α,β-unsaturated/α-hetero) is 1. The monoisotopic (exact) mass is 1120 g/mol. The molecule has 0 radical (unpaired) electrons. The van der Waals surface area contributed by atoms with Crippen molar-refractivity contribution in [2.75, 3.05) is 65.9 Å². The Bertz CT molecular complexity index is 1720. The minimum Gasteiger partial charge on any atom is -0.379 e. The van der Waals surface area contributed by atoms with E-state index in [1.807, 2.05) is 0 Å². The molecule has 76 heavy (non-hydrogen) atoms. The van der Waals surface area contributed by atoms with E-state index in [2.05, 4.69) is 39.9 Å².